The first-order valence-corrected chi connectivity index (χ1v) is 9.25. The highest BCUT2D eigenvalue weighted by Crippen LogP contribution is 2.32. The molecule has 1 aromatic heterocycles. The molecule has 11 nitrogen and oxygen atoms in total. The van der Waals surface area contributed by atoms with Gasteiger partial charge < -0.3 is 10.1 Å². The third-order valence-corrected chi connectivity index (χ3v) is 4.09. The van der Waals surface area contributed by atoms with E-state index in [4.69, 9.17) is 4.74 Å². The predicted molar refractivity (Wildman–Crippen MR) is 112 cm³/mol. The van der Waals surface area contributed by atoms with Crippen LogP contribution in [0.4, 0.5) is 27.4 Å². The number of nitrogens with zero attached hydrogens (tertiary/aromatic N) is 3. The van der Waals surface area contributed by atoms with Crippen molar-refractivity contribution in [3.8, 4) is 0 Å². The molecule has 0 saturated heterocycles. The van der Waals surface area contributed by atoms with E-state index < -0.39 is 28.3 Å². The van der Waals surface area contributed by atoms with E-state index in [1.165, 1.54) is 30.3 Å². The van der Waals surface area contributed by atoms with E-state index in [0.29, 0.717) is 0 Å². The van der Waals surface area contributed by atoms with Crippen LogP contribution in [0, 0.1) is 15.9 Å². The molecule has 0 atom stereocenters. The Hall–Kier alpha value is -4.61. The van der Waals surface area contributed by atoms with Crippen molar-refractivity contribution in [2.75, 3.05) is 17.3 Å². The second-order valence-corrected chi connectivity index (χ2v) is 6.13. The normalized spacial score (nSPS) is 10.2. The van der Waals surface area contributed by atoms with Crippen LogP contribution in [0.1, 0.15) is 27.6 Å². The van der Waals surface area contributed by atoms with Gasteiger partial charge in [0.15, 0.2) is 0 Å². The lowest BCUT2D eigenvalue weighted by Gasteiger charge is -2.13. The number of hydrazine groups is 1. The first kappa shape index (κ1) is 22.1. The van der Waals surface area contributed by atoms with E-state index in [2.05, 4.69) is 26.1 Å². The summed E-state index contributed by atoms with van der Waals surface area (Å²) < 4.78 is 18.8. The molecule has 0 bridgehead atoms. The molecule has 0 aliphatic rings. The molecule has 0 aliphatic carbocycles. The molecule has 1 amide bonds. The van der Waals surface area contributed by atoms with Crippen molar-refractivity contribution in [2.24, 2.45) is 0 Å². The van der Waals surface area contributed by atoms with Crippen molar-refractivity contribution in [3.05, 3.63) is 81.9 Å². The monoisotopic (exact) mass is 440 g/mol. The van der Waals surface area contributed by atoms with Gasteiger partial charge in [-0.1, -0.05) is 24.3 Å². The second-order valence-electron chi connectivity index (χ2n) is 6.13. The highest BCUT2D eigenvalue weighted by molar-refractivity contribution is 5.97. The van der Waals surface area contributed by atoms with Crippen LogP contribution >= 0.6 is 0 Å². The Bertz CT molecular complexity index is 1170. The number of nitro groups is 1. The molecule has 1 heterocycles. The Morgan fingerprint density at radius 1 is 1.06 bits per heavy atom. The number of hydrogen-bond donors (Lipinski definition) is 3. The number of halogens is 1. The Morgan fingerprint density at radius 2 is 1.72 bits per heavy atom. The summed E-state index contributed by atoms with van der Waals surface area (Å²) in [6.07, 6.45) is 1.01. The number of para-hydroxylation sites is 1. The lowest BCUT2D eigenvalue weighted by molar-refractivity contribution is -0.383. The number of ether oxygens (including phenoxy) is 1. The fourth-order valence-corrected chi connectivity index (χ4v) is 2.67. The Labute approximate surface area is 180 Å². The topological polar surface area (TPSA) is 148 Å². The quantitative estimate of drug-likeness (QED) is 0.273. The number of aromatic nitrogens is 2. The van der Waals surface area contributed by atoms with Gasteiger partial charge in [0.1, 0.15) is 12.1 Å². The van der Waals surface area contributed by atoms with Crippen molar-refractivity contribution in [3.63, 3.8) is 0 Å². The molecule has 12 heteroatoms. The van der Waals surface area contributed by atoms with Crippen molar-refractivity contribution < 1.29 is 23.6 Å². The maximum absolute atomic E-state index is 13.8. The highest BCUT2D eigenvalue weighted by Gasteiger charge is 2.25. The molecule has 0 saturated carbocycles. The Balaban J connectivity index is 1.88. The fraction of sp³-hybridized carbons (Fsp3) is 0.100. The van der Waals surface area contributed by atoms with Gasteiger partial charge in [-0.2, -0.15) is 0 Å². The lowest BCUT2D eigenvalue weighted by atomic mass is 10.2. The van der Waals surface area contributed by atoms with Crippen LogP contribution in [0.3, 0.4) is 0 Å². The summed E-state index contributed by atoms with van der Waals surface area (Å²) in [5.74, 6) is -2.85. The number of anilines is 3. The van der Waals surface area contributed by atoms with Gasteiger partial charge >= 0.3 is 11.7 Å². The zero-order valence-electron chi connectivity index (χ0n) is 16.7. The van der Waals surface area contributed by atoms with E-state index in [0.717, 1.165) is 12.4 Å². The maximum atomic E-state index is 13.8. The van der Waals surface area contributed by atoms with Gasteiger partial charge in [0.25, 0.3) is 5.91 Å². The Kier molecular flexibility index (Phi) is 6.85. The number of benzene rings is 2. The van der Waals surface area contributed by atoms with Crippen molar-refractivity contribution in [1.29, 1.82) is 0 Å². The third-order valence-electron chi connectivity index (χ3n) is 4.09. The minimum Gasteiger partial charge on any atom is -0.462 e. The fourth-order valence-electron chi connectivity index (χ4n) is 2.67. The molecular weight excluding hydrogens is 423 g/mol. The average molecular weight is 440 g/mol. The van der Waals surface area contributed by atoms with Crippen LogP contribution in [-0.4, -0.2) is 33.4 Å². The van der Waals surface area contributed by atoms with Gasteiger partial charge in [0.05, 0.1) is 28.3 Å². The molecule has 2 aromatic carbocycles. The summed E-state index contributed by atoms with van der Waals surface area (Å²) in [7, 11) is 0. The van der Waals surface area contributed by atoms with Gasteiger partial charge in [-0.25, -0.2) is 19.2 Å². The van der Waals surface area contributed by atoms with Gasteiger partial charge in [-0.3, -0.25) is 25.8 Å². The number of carbonyl (C=O) groups excluding carboxylic acids is 2. The van der Waals surface area contributed by atoms with Crippen molar-refractivity contribution in [1.82, 2.24) is 15.4 Å². The summed E-state index contributed by atoms with van der Waals surface area (Å²) in [4.78, 5) is 42.9. The van der Waals surface area contributed by atoms with Gasteiger partial charge in [0.2, 0.25) is 11.6 Å². The molecule has 0 fully saturated rings. The zero-order valence-corrected chi connectivity index (χ0v) is 16.7. The van der Waals surface area contributed by atoms with Crippen LogP contribution in [0.15, 0.2) is 54.9 Å². The highest BCUT2D eigenvalue weighted by atomic mass is 19.1. The van der Waals surface area contributed by atoms with E-state index in [1.54, 1.807) is 19.1 Å². The predicted octanol–water partition coefficient (Wildman–Crippen LogP) is 3.20. The largest absolute Gasteiger partial charge is 0.462 e. The van der Waals surface area contributed by atoms with Gasteiger partial charge in [-0.15, -0.1) is 0 Å². The summed E-state index contributed by atoms with van der Waals surface area (Å²) in [6, 6.07) is 11.5. The standard InChI is InChI=1S/C20H17FN6O5/c1-2-32-20(29)13-8-4-6-10-15(13)24-17-16(27(30)31)18(23-11-22-17)25-26-19(28)12-7-3-5-9-14(12)21/h3-11H,2H2,1H3,(H,26,28)(H2,22,23,24,25). The van der Waals surface area contributed by atoms with Crippen LogP contribution in [0.5, 0.6) is 0 Å². The van der Waals surface area contributed by atoms with Gasteiger partial charge in [-0.05, 0) is 31.2 Å². The molecule has 0 radical (unpaired) electrons. The first-order valence-electron chi connectivity index (χ1n) is 9.25. The zero-order chi connectivity index (χ0) is 23.1. The SMILES string of the molecule is CCOC(=O)c1ccccc1Nc1ncnc(NNC(=O)c2ccccc2F)c1[N+](=O)[O-]. The molecular formula is C20H17FN6O5. The van der Waals surface area contributed by atoms with Crippen LogP contribution in [0.25, 0.3) is 0 Å². The first-order chi connectivity index (χ1) is 15.4. The number of hydrogen-bond acceptors (Lipinski definition) is 9. The van der Waals surface area contributed by atoms with Crippen molar-refractivity contribution >= 4 is 34.9 Å². The number of carbonyl (C=O) groups is 2. The smallest absolute Gasteiger partial charge is 0.355 e. The van der Waals surface area contributed by atoms with E-state index in [-0.39, 0.29) is 35.1 Å². The minimum atomic E-state index is -0.863. The van der Waals surface area contributed by atoms with Crippen LogP contribution < -0.4 is 16.2 Å². The molecule has 3 aromatic rings. The number of esters is 1. The molecule has 3 N–H and O–H groups in total. The second kappa shape index (κ2) is 9.93. The average Bonchev–Trinajstić information content (AvgIpc) is 2.78. The summed E-state index contributed by atoms with van der Waals surface area (Å²) in [5.41, 5.74) is 3.96. The number of rotatable bonds is 8. The lowest BCUT2D eigenvalue weighted by Crippen LogP contribution is -2.31. The molecule has 0 spiro atoms. The number of nitrogens with one attached hydrogen (secondary N) is 3. The van der Waals surface area contributed by atoms with E-state index in [1.807, 2.05) is 0 Å². The molecule has 32 heavy (non-hydrogen) atoms. The van der Waals surface area contributed by atoms with E-state index >= 15 is 0 Å². The third kappa shape index (κ3) is 4.92. The summed E-state index contributed by atoms with van der Waals surface area (Å²) >= 11 is 0. The molecule has 0 unspecified atom stereocenters. The molecule has 164 valence electrons. The Morgan fingerprint density at radius 3 is 2.41 bits per heavy atom. The van der Waals surface area contributed by atoms with Crippen LogP contribution in [0.2, 0.25) is 0 Å². The summed E-state index contributed by atoms with van der Waals surface area (Å²) in [6.45, 7) is 1.80. The summed E-state index contributed by atoms with van der Waals surface area (Å²) in [5, 5.41) is 14.4. The maximum Gasteiger partial charge on any atom is 0.355 e. The molecule has 3 rings (SSSR count). The minimum absolute atomic E-state index is 0.143. The van der Waals surface area contributed by atoms with Crippen LogP contribution in [-0.2, 0) is 4.74 Å². The van der Waals surface area contributed by atoms with Crippen molar-refractivity contribution in [2.45, 2.75) is 6.92 Å². The number of amides is 1. The molecule has 0 aliphatic heterocycles. The van der Waals surface area contributed by atoms with Gasteiger partial charge in [0, 0.05) is 0 Å². The van der Waals surface area contributed by atoms with E-state index in [9.17, 15) is 24.1 Å².